The van der Waals surface area contributed by atoms with Crippen molar-refractivity contribution in [2.45, 2.75) is 20.4 Å². The highest BCUT2D eigenvalue weighted by molar-refractivity contribution is 6.30. The topological polar surface area (TPSA) is 51.4 Å². The first-order chi connectivity index (χ1) is 11.7. The Bertz CT molecular complexity index is 873. The van der Waals surface area contributed by atoms with E-state index in [0.29, 0.717) is 17.6 Å². The Balaban J connectivity index is 1.86. The Labute approximate surface area is 145 Å². The molecule has 1 heterocycles. The van der Waals surface area contributed by atoms with Gasteiger partial charge in [0.25, 0.3) is 0 Å². The van der Waals surface area contributed by atoms with Crippen LogP contribution in [0.15, 0.2) is 47.6 Å². The normalized spacial score (nSPS) is 11.3. The minimum absolute atomic E-state index is 0.585. The van der Waals surface area contributed by atoms with Gasteiger partial charge in [0.15, 0.2) is 0 Å². The zero-order valence-corrected chi connectivity index (χ0v) is 14.4. The monoisotopic (exact) mass is 342 g/mol. The van der Waals surface area contributed by atoms with Gasteiger partial charge in [-0.1, -0.05) is 23.7 Å². The third kappa shape index (κ3) is 3.36. The Morgan fingerprint density at radius 2 is 2.08 bits per heavy atom. The van der Waals surface area contributed by atoms with Gasteiger partial charge in [-0.3, -0.25) is 0 Å². The number of nitrogens with one attached hydrogen (secondary N) is 1. The van der Waals surface area contributed by atoms with Crippen LogP contribution in [0.4, 0.5) is 5.95 Å². The van der Waals surface area contributed by atoms with E-state index in [4.69, 9.17) is 16.3 Å². The quantitative estimate of drug-likeness (QED) is 0.528. The second-order valence-electron chi connectivity index (χ2n) is 5.15. The largest absolute Gasteiger partial charge is 0.493 e. The van der Waals surface area contributed by atoms with Crippen LogP contribution in [-0.2, 0) is 6.54 Å². The maximum Gasteiger partial charge on any atom is 0.224 e. The van der Waals surface area contributed by atoms with Crippen LogP contribution < -0.4 is 10.2 Å². The standard InChI is InChI=1S/C18H19ClN4O/c1-3-23-16-8-6-5-7-15(16)21-18(23)22-20-12-13-11-14(19)9-10-17(13)24-4-2/h5-12H,3-4H2,1-2H3,(H,21,22)/b20-12-. The van der Waals surface area contributed by atoms with Crippen molar-refractivity contribution in [3.63, 3.8) is 0 Å². The van der Waals surface area contributed by atoms with Crippen LogP contribution >= 0.6 is 11.6 Å². The summed E-state index contributed by atoms with van der Waals surface area (Å²) in [6.45, 7) is 5.41. The molecule has 0 atom stereocenters. The molecular formula is C18H19ClN4O. The van der Waals surface area contributed by atoms with Crippen molar-refractivity contribution in [2.24, 2.45) is 5.10 Å². The number of benzene rings is 2. The SMILES string of the molecule is CCOc1ccc(Cl)cc1/C=N\Nc1nc2ccccc2n1CC. The number of imidazole rings is 1. The van der Waals surface area contributed by atoms with Crippen LogP contribution in [0.25, 0.3) is 11.0 Å². The molecule has 124 valence electrons. The molecule has 1 N–H and O–H groups in total. The molecule has 1 aromatic heterocycles. The molecule has 0 fully saturated rings. The lowest BCUT2D eigenvalue weighted by molar-refractivity contribution is 0.340. The molecule has 0 aliphatic carbocycles. The van der Waals surface area contributed by atoms with Gasteiger partial charge in [0.1, 0.15) is 5.75 Å². The van der Waals surface area contributed by atoms with Gasteiger partial charge in [-0.05, 0) is 44.2 Å². The van der Waals surface area contributed by atoms with Gasteiger partial charge in [0.05, 0.1) is 23.9 Å². The fourth-order valence-electron chi connectivity index (χ4n) is 2.55. The second kappa shape index (κ2) is 7.36. The Morgan fingerprint density at radius 1 is 1.25 bits per heavy atom. The molecule has 0 saturated heterocycles. The maximum atomic E-state index is 6.06. The number of hydrazone groups is 1. The third-order valence-electron chi connectivity index (χ3n) is 3.61. The summed E-state index contributed by atoms with van der Waals surface area (Å²) < 4.78 is 7.67. The van der Waals surface area contributed by atoms with E-state index in [1.807, 2.05) is 43.3 Å². The van der Waals surface area contributed by atoms with Gasteiger partial charge in [-0.15, -0.1) is 0 Å². The molecule has 6 heteroatoms. The fraction of sp³-hybridized carbons (Fsp3) is 0.222. The van der Waals surface area contributed by atoms with Crippen molar-refractivity contribution >= 4 is 34.8 Å². The number of rotatable bonds is 6. The summed E-state index contributed by atoms with van der Waals surface area (Å²) in [5.74, 6) is 1.45. The zero-order valence-electron chi connectivity index (χ0n) is 13.7. The number of hydrogen-bond acceptors (Lipinski definition) is 4. The summed E-state index contributed by atoms with van der Waals surface area (Å²) in [4.78, 5) is 4.57. The molecule has 5 nitrogen and oxygen atoms in total. The van der Waals surface area contributed by atoms with E-state index in [-0.39, 0.29) is 0 Å². The fourth-order valence-corrected chi connectivity index (χ4v) is 2.73. The Hall–Kier alpha value is -2.53. The molecule has 24 heavy (non-hydrogen) atoms. The summed E-state index contributed by atoms with van der Waals surface area (Å²) in [5.41, 5.74) is 5.85. The highest BCUT2D eigenvalue weighted by Gasteiger charge is 2.08. The lowest BCUT2D eigenvalue weighted by Crippen LogP contribution is -2.02. The third-order valence-corrected chi connectivity index (χ3v) is 3.85. The summed E-state index contributed by atoms with van der Waals surface area (Å²) in [6.07, 6.45) is 1.69. The molecule has 0 aliphatic heterocycles. The molecule has 0 amide bonds. The Kier molecular flexibility index (Phi) is 5.01. The van der Waals surface area contributed by atoms with Gasteiger partial charge in [0, 0.05) is 17.1 Å². The first-order valence-corrected chi connectivity index (χ1v) is 8.27. The molecule has 3 rings (SSSR count). The Morgan fingerprint density at radius 3 is 2.88 bits per heavy atom. The summed E-state index contributed by atoms with van der Waals surface area (Å²) in [6, 6.07) is 13.5. The van der Waals surface area contributed by atoms with E-state index in [9.17, 15) is 0 Å². The van der Waals surface area contributed by atoms with E-state index in [1.54, 1.807) is 12.3 Å². The number of ether oxygens (including phenoxy) is 1. The van der Waals surface area contributed by atoms with Crippen molar-refractivity contribution in [1.29, 1.82) is 0 Å². The number of anilines is 1. The van der Waals surface area contributed by atoms with Gasteiger partial charge in [-0.2, -0.15) is 5.10 Å². The van der Waals surface area contributed by atoms with Crippen molar-refractivity contribution in [1.82, 2.24) is 9.55 Å². The first kappa shape index (κ1) is 16.3. The van der Waals surface area contributed by atoms with Crippen LogP contribution in [0.3, 0.4) is 0 Å². The molecule has 0 bridgehead atoms. The minimum Gasteiger partial charge on any atom is -0.493 e. The number of halogens is 1. The summed E-state index contributed by atoms with van der Waals surface area (Å²) in [5, 5.41) is 4.94. The molecule has 0 spiro atoms. The first-order valence-electron chi connectivity index (χ1n) is 7.89. The van der Waals surface area contributed by atoms with E-state index in [1.165, 1.54) is 0 Å². The highest BCUT2D eigenvalue weighted by atomic mass is 35.5. The van der Waals surface area contributed by atoms with Crippen LogP contribution in [0.5, 0.6) is 5.75 Å². The van der Waals surface area contributed by atoms with Crippen molar-refractivity contribution < 1.29 is 4.74 Å². The van der Waals surface area contributed by atoms with E-state index >= 15 is 0 Å². The number of para-hydroxylation sites is 2. The number of hydrogen-bond donors (Lipinski definition) is 1. The van der Waals surface area contributed by atoms with Crippen LogP contribution in [-0.4, -0.2) is 22.4 Å². The molecule has 0 radical (unpaired) electrons. The number of nitrogens with zero attached hydrogens (tertiary/aromatic N) is 3. The van der Waals surface area contributed by atoms with Gasteiger partial charge in [0.2, 0.25) is 5.95 Å². The van der Waals surface area contributed by atoms with E-state index in [0.717, 1.165) is 28.9 Å². The van der Waals surface area contributed by atoms with Crippen LogP contribution in [0.2, 0.25) is 5.02 Å². The van der Waals surface area contributed by atoms with E-state index < -0.39 is 0 Å². The zero-order chi connectivity index (χ0) is 16.9. The number of aromatic nitrogens is 2. The smallest absolute Gasteiger partial charge is 0.224 e. The second-order valence-corrected chi connectivity index (χ2v) is 5.59. The average molecular weight is 343 g/mol. The van der Waals surface area contributed by atoms with Crippen LogP contribution in [0.1, 0.15) is 19.4 Å². The lowest BCUT2D eigenvalue weighted by Gasteiger charge is -2.07. The summed E-state index contributed by atoms with van der Waals surface area (Å²) >= 11 is 6.06. The average Bonchev–Trinajstić information content (AvgIpc) is 2.94. The maximum absolute atomic E-state index is 6.06. The van der Waals surface area contributed by atoms with Gasteiger partial charge in [-0.25, -0.2) is 10.4 Å². The van der Waals surface area contributed by atoms with Gasteiger partial charge < -0.3 is 9.30 Å². The predicted molar refractivity (Wildman–Crippen MR) is 99.2 cm³/mol. The minimum atomic E-state index is 0.585. The summed E-state index contributed by atoms with van der Waals surface area (Å²) in [7, 11) is 0. The van der Waals surface area contributed by atoms with Crippen molar-refractivity contribution in [2.75, 3.05) is 12.0 Å². The van der Waals surface area contributed by atoms with Crippen molar-refractivity contribution in [3.05, 3.63) is 53.1 Å². The highest BCUT2D eigenvalue weighted by Crippen LogP contribution is 2.22. The molecule has 3 aromatic rings. The molecule has 0 saturated carbocycles. The van der Waals surface area contributed by atoms with Crippen LogP contribution in [0, 0.1) is 0 Å². The van der Waals surface area contributed by atoms with Gasteiger partial charge >= 0.3 is 0 Å². The molecule has 0 unspecified atom stereocenters. The number of fused-ring (bicyclic) bond motifs is 1. The van der Waals surface area contributed by atoms with E-state index in [2.05, 4.69) is 27.0 Å². The number of aryl methyl sites for hydroxylation is 1. The lowest BCUT2D eigenvalue weighted by atomic mass is 10.2. The predicted octanol–water partition coefficient (Wildman–Crippen LogP) is 4.55. The molecule has 0 aliphatic rings. The molecular weight excluding hydrogens is 324 g/mol. The van der Waals surface area contributed by atoms with Crippen molar-refractivity contribution in [3.8, 4) is 5.75 Å². The molecule has 2 aromatic carbocycles.